The Balaban J connectivity index is 2.16. The maximum Gasteiger partial charge on any atom is 0.129 e. The molecule has 1 N–H and O–H groups in total. The summed E-state index contributed by atoms with van der Waals surface area (Å²) in [6.45, 7) is 12.9. The van der Waals surface area contributed by atoms with E-state index < -0.39 is 0 Å². The number of nitrogens with one attached hydrogen (secondary N) is 1. The smallest absolute Gasteiger partial charge is 0.129 e. The molecule has 1 saturated heterocycles. The first-order valence-electron chi connectivity index (χ1n) is 7.42. The molecule has 4 heteroatoms. The summed E-state index contributed by atoms with van der Waals surface area (Å²) in [6.07, 6.45) is 3.02. The van der Waals surface area contributed by atoms with Crippen molar-refractivity contribution in [2.75, 3.05) is 11.4 Å². The van der Waals surface area contributed by atoms with Crippen LogP contribution in [0.15, 0.2) is 12.3 Å². The number of aromatic nitrogens is 1. The van der Waals surface area contributed by atoms with Gasteiger partial charge in [0.1, 0.15) is 5.82 Å². The highest BCUT2D eigenvalue weighted by atomic mass is 35.5. The number of pyridine rings is 1. The number of rotatable bonds is 3. The number of anilines is 1. The Morgan fingerprint density at radius 1 is 1.40 bits per heavy atom. The van der Waals surface area contributed by atoms with E-state index in [1.54, 1.807) is 6.20 Å². The molecule has 0 aromatic carbocycles. The van der Waals surface area contributed by atoms with Gasteiger partial charge in [0.05, 0.1) is 5.02 Å². The van der Waals surface area contributed by atoms with Crippen molar-refractivity contribution in [2.45, 2.75) is 59.2 Å². The van der Waals surface area contributed by atoms with Gasteiger partial charge in [0, 0.05) is 30.9 Å². The van der Waals surface area contributed by atoms with Crippen LogP contribution in [0.2, 0.25) is 5.02 Å². The molecule has 2 rings (SSSR count). The standard InChI is InChI=1S/C16H26ClN3/c1-11-6-12(2)20(10-11)15-7-13(14(17)9-18-15)8-19-16(3,4)5/h7,9,11-12,19H,6,8,10H2,1-5H3. The lowest BCUT2D eigenvalue weighted by molar-refractivity contribution is 0.424. The molecule has 1 aromatic heterocycles. The molecule has 1 aliphatic rings. The van der Waals surface area contributed by atoms with Crippen LogP contribution >= 0.6 is 11.6 Å². The maximum atomic E-state index is 6.28. The number of halogens is 1. The second-order valence-electron chi connectivity index (χ2n) is 7.08. The minimum absolute atomic E-state index is 0.0855. The summed E-state index contributed by atoms with van der Waals surface area (Å²) < 4.78 is 0. The molecule has 0 spiro atoms. The lowest BCUT2D eigenvalue weighted by Crippen LogP contribution is -2.35. The fourth-order valence-corrected chi connectivity index (χ4v) is 2.91. The zero-order valence-electron chi connectivity index (χ0n) is 13.2. The van der Waals surface area contributed by atoms with Gasteiger partial charge in [-0.1, -0.05) is 18.5 Å². The molecule has 0 saturated carbocycles. The average molecular weight is 296 g/mol. The lowest BCUT2D eigenvalue weighted by atomic mass is 10.1. The number of hydrogen-bond donors (Lipinski definition) is 1. The van der Waals surface area contributed by atoms with Crippen LogP contribution < -0.4 is 10.2 Å². The molecule has 0 bridgehead atoms. The van der Waals surface area contributed by atoms with E-state index in [9.17, 15) is 0 Å². The Morgan fingerprint density at radius 2 is 2.10 bits per heavy atom. The van der Waals surface area contributed by atoms with Crippen LogP contribution in [0, 0.1) is 5.92 Å². The normalized spacial score (nSPS) is 23.4. The summed E-state index contributed by atoms with van der Waals surface area (Å²) in [7, 11) is 0. The van der Waals surface area contributed by atoms with E-state index >= 15 is 0 Å². The molecule has 1 aliphatic heterocycles. The highest BCUT2D eigenvalue weighted by Gasteiger charge is 2.27. The Morgan fingerprint density at radius 3 is 2.65 bits per heavy atom. The largest absolute Gasteiger partial charge is 0.354 e. The van der Waals surface area contributed by atoms with Crippen LogP contribution in [-0.4, -0.2) is 23.1 Å². The van der Waals surface area contributed by atoms with Gasteiger partial charge in [-0.3, -0.25) is 0 Å². The minimum Gasteiger partial charge on any atom is -0.354 e. The van der Waals surface area contributed by atoms with Gasteiger partial charge in [0.2, 0.25) is 0 Å². The topological polar surface area (TPSA) is 28.2 Å². The third-order valence-corrected chi connectivity index (χ3v) is 4.15. The van der Waals surface area contributed by atoms with Crippen molar-refractivity contribution < 1.29 is 0 Å². The second-order valence-corrected chi connectivity index (χ2v) is 7.49. The van der Waals surface area contributed by atoms with Crippen LogP contribution in [0.3, 0.4) is 0 Å². The van der Waals surface area contributed by atoms with E-state index in [1.165, 1.54) is 6.42 Å². The van der Waals surface area contributed by atoms with Crippen LogP contribution in [-0.2, 0) is 6.54 Å². The molecule has 0 aliphatic carbocycles. The number of nitrogens with zero attached hydrogens (tertiary/aromatic N) is 2. The minimum atomic E-state index is 0.0855. The van der Waals surface area contributed by atoms with E-state index in [0.29, 0.717) is 6.04 Å². The molecule has 3 nitrogen and oxygen atoms in total. The highest BCUT2D eigenvalue weighted by molar-refractivity contribution is 6.31. The maximum absolute atomic E-state index is 6.28. The van der Waals surface area contributed by atoms with E-state index in [-0.39, 0.29) is 5.54 Å². The third-order valence-electron chi connectivity index (χ3n) is 3.81. The zero-order valence-corrected chi connectivity index (χ0v) is 14.0. The quantitative estimate of drug-likeness (QED) is 0.918. The summed E-state index contributed by atoms with van der Waals surface area (Å²) >= 11 is 6.28. The van der Waals surface area contributed by atoms with Crippen molar-refractivity contribution in [3.8, 4) is 0 Å². The van der Waals surface area contributed by atoms with Gasteiger partial charge in [-0.05, 0) is 51.7 Å². The third kappa shape index (κ3) is 3.86. The van der Waals surface area contributed by atoms with Gasteiger partial charge >= 0.3 is 0 Å². The molecular formula is C16H26ClN3. The monoisotopic (exact) mass is 295 g/mol. The van der Waals surface area contributed by atoms with Gasteiger partial charge in [-0.2, -0.15) is 0 Å². The molecule has 1 fully saturated rings. The predicted octanol–water partition coefficient (Wildman–Crippen LogP) is 3.86. The fourth-order valence-electron chi connectivity index (χ4n) is 2.74. The molecule has 2 atom stereocenters. The van der Waals surface area contributed by atoms with Crippen molar-refractivity contribution in [3.05, 3.63) is 22.8 Å². The van der Waals surface area contributed by atoms with E-state index in [4.69, 9.17) is 11.6 Å². The van der Waals surface area contributed by atoms with Gasteiger partial charge in [-0.25, -0.2) is 4.98 Å². The molecule has 1 aromatic rings. The molecule has 0 amide bonds. The predicted molar refractivity (Wildman–Crippen MR) is 86.4 cm³/mol. The first-order chi connectivity index (χ1) is 9.26. The van der Waals surface area contributed by atoms with Crippen LogP contribution in [0.5, 0.6) is 0 Å². The van der Waals surface area contributed by atoms with Gasteiger partial charge in [0.15, 0.2) is 0 Å². The van der Waals surface area contributed by atoms with Crippen LogP contribution in [0.25, 0.3) is 0 Å². The molecular weight excluding hydrogens is 270 g/mol. The Kier molecular flexibility index (Phi) is 4.60. The van der Waals surface area contributed by atoms with E-state index in [0.717, 1.165) is 35.4 Å². The Hall–Kier alpha value is -0.800. The zero-order chi connectivity index (χ0) is 14.9. The molecule has 0 radical (unpaired) electrons. The molecule has 2 unspecified atom stereocenters. The van der Waals surface area contributed by atoms with Crippen molar-refractivity contribution in [1.29, 1.82) is 0 Å². The van der Waals surface area contributed by atoms with Crippen molar-refractivity contribution in [2.24, 2.45) is 5.92 Å². The average Bonchev–Trinajstić information content (AvgIpc) is 2.66. The Bertz CT molecular complexity index is 467. The SMILES string of the molecule is CC1CC(C)N(c2cc(CNC(C)(C)C)c(Cl)cn2)C1. The summed E-state index contributed by atoms with van der Waals surface area (Å²) in [6, 6.07) is 2.69. The molecule has 2 heterocycles. The van der Waals surface area contributed by atoms with E-state index in [2.05, 4.69) is 55.9 Å². The van der Waals surface area contributed by atoms with Gasteiger partial charge in [-0.15, -0.1) is 0 Å². The summed E-state index contributed by atoms with van der Waals surface area (Å²) in [5.41, 5.74) is 1.21. The van der Waals surface area contributed by atoms with Crippen LogP contribution in [0.4, 0.5) is 5.82 Å². The fraction of sp³-hybridized carbons (Fsp3) is 0.688. The summed E-state index contributed by atoms with van der Waals surface area (Å²) in [5, 5.41) is 4.23. The first kappa shape index (κ1) is 15.6. The lowest BCUT2D eigenvalue weighted by Gasteiger charge is -2.25. The summed E-state index contributed by atoms with van der Waals surface area (Å²) in [5.74, 6) is 1.79. The summed E-state index contributed by atoms with van der Waals surface area (Å²) in [4.78, 5) is 6.91. The van der Waals surface area contributed by atoms with Gasteiger partial charge < -0.3 is 10.2 Å². The first-order valence-corrected chi connectivity index (χ1v) is 7.80. The van der Waals surface area contributed by atoms with Crippen molar-refractivity contribution in [1.82, 2.24) is 10.3 Å². The van der Waals surface area contributed by atoms with Crippen LogP contribution in [0.1, 0.15) is 46.6 Å². The molecule has 112 valence electrons. The Labute approximate surface area is 127 Å². The van der Waals surface area contributed by atoms with Gasteiger partial charge in [0.25, 0.3) is 0 Å². The number of hydrogen-bond acceptors (Lipinski definition) is 3. The molecule has 20 heavy (non-hydrogen) atoms. The van der Waals surface area contributed by atoms with Crippen molar-refractivity contribution >= 4 is 17.4 Å². The van der Waals surface area contributed by atoms with E-state index in [1.807, 2.05) is 0 Å². The van der Waals surface area contributed by atoms with Crippen molar-refractivity contribution in [3.63, 3.8) is 0 Å². The highest BCUT2D eigenvalue weighted by Crippen LogP contribution is 2.29. The second kappa shape index (κ2) is 5.90.